The zero-order valence-electron chi connectivity index (χ0n) is 20.0. The molecule has 2 amide bonds. The minimum Gasteiger partial charge on any atom is -0.481 e. The number of carbonyl (C=O) groups is 3. The number of carboxylic acids is 1. The van der Waals surface area contributed by atoms with Gasteiger partial charge in [0, 0.05) is 18.0 Å². The molecular formula is C28H32N2O5. The first-order valence-corrected chi connectivity index (χ1v) is 12.6. The molecule has 3 aliphatic carbocycles. The van der Waals surface area contributed by atoms with E-state index in [0.717, 1.165) is 19.3 Å². The Morgan fingerprint density at radius 2 is 1.71 bits per heavy atom. The van der Waals surface area contributed by atoms with Crippen LogP contribution in [0.3, 0.4) is 0 Å². The third kappa shape index (κ3) is 4.51. The number of nitrogens with one attached hydrogen (secondary N) is 2. The molecular weight excluding hydrogens is 444 g/mol. The molecule has 184 valence electrons. The standard InChI is InChI=1S/C28H32N2O5/c1-2-7-18(13-25(31)32)29-26(33)28-14-17(28)12-19(15-28)30-27(34)35-16-24-22-10-5-3-8-20(22)21-9-4-6-11-23(21)24/h3-6,8-11,17-19,24H,2,7,12-16H2,1H3,(H,29,33)(H,30,34)(H,31,32)/t17-,18+,19+,28+/m0/s1. The number of amides is 2. The molecule has 0 saturated heterocycles. The van der Waals surface area contributed by atoms with Crippen LogP contribution < -0.4 is 10.6 Å². The highest BCUT2D eigenvalue weighted by molar-refractivity contribution is 5.87. The summed E-state index contributed by atoms with van der Waals surface area (Å²) in [4.78, 5) is 36.8. The number of fused-ring (bicyclic) bond motifs is 4. The molecule has 0 heterocycles. The summed E-state index contributed by atoms with van der Waals surface area (Å²) in [5, 5.41) is 15.1. The van der Waals surface area contributed by atoms with Crippen molar-refractivity contribution in [1.29, 1.82) is 0 Å². The highest BCUT2D eigenvalue weighted by Gasteiger charge is 2.65. The van der Waals surface area contributed by atoms with Crippen molar-refractivity contribution in [1.82, 2.24) is 10.6 Å². The lowest BCUT2D eigenvalue weighted by Crippen LogP contribution is -2.42. The number of carboxylic acid groups (broad SMARTS) is 1. The molecule has 0 spiro atoms. The van der Waals surface area contributed by atoms with Gasteiger partial charge in [-0.15, -0.1) is 0 Å². The number of benzene rings is 2. The lowest BCUT2D eigenvalue weighted by Gasteiger charge is -2.22. The Kier molecular flexibility index (Phi) is 6.26. The molecule has 3 aliphatic rings. The third-order valence-corrected chi connectivity index (χ3v) is 7.92. The van der Waals surface area contributed by atoms with Crippen molar-refractivity contribution in [2.75, 3.05) is 6.61 Å². The number of aliphatic carboxylic acids is 1. The van der Waals surface area contributed by atoms with Crippen molar-refractivity contribution in [3.8, 4) is 11.1 Å². The highest BCUT2D eigenvalue weighted by atomic mass is 16.5. The summed E-state index contributed by atoms with van der Waals surface area (Å²) in [5.41, 5.74) is 4.23. The highest BCUT2D eigenvalue weighted by Crippen LogP contribution is 2.63. The molecule has 4 atom stereocenters. The Morgan fingerprint density at radius 1 is 1.06 bits per heavy atom. The van der Waals surface area contributed by atoms with Gasteiger partial charge in [0.15, 0.2) is 0 Å². The van der Waals surface area contributed by atoms with E-state index in [0.29, 0.717) is 12.8 Å². The normalized spacial score (nSPS) is 24.6. The number of rotatable bonds is 9. The van der Waals surface area contributed by atoms with Crippen molar-refractivity contribution in [3.63, 3.8) is 0 Å². The number of hydrogen-bond donors (Lipinski definition) is 3. The van der Waals surface area contributed by atoms with Gasteiger partial charge >= 0.3 is 12.1 Å². The first-order valence-electron chi connectivity index (χ1n) is 12.6. The van der Waals surface area contributed by atoms with Crippen LogP contribution in [-0.2, 0) is 14.3 Å². The molecule has 0 bridgehead atoms. The largest absolute Gasteiger partial charge is 0.481 e. The van der Waals surface area contributed by atoms with Gasteiger partial charge in [0.05, 0.1) is 11.8 Å². The van der Waals surface area contributed by atoms with Crippen molar-refractivity contribution in [2.24, 2.45) is 11.3 Å². The third-order valence-electron chi connectivity index (χ3n) is 7.92. The summed E-state index contributed by atoms with van der Waals surface area (Å²) >= 11 is 0. The SMILES string of the molecule is CCC[C@H](CC(=O)O)NC(=O)[C@]12C[C@H](NC(=O)OCC3c4ccccc4-c4ccccc43)C[C@H]1C2. The summed E-state index contributed by atoms with van der Waals surface area (Å²) in [5.74, 6) is -0.741. The molecule has 2 fully saturated rings. The van der Waals surface area contributed by atoms with Crippen molar-refractivity contribution in [2.45, 2.75) is 63.5 Å². The van der Waals surface area contributed by atoms with Gasteiger partial charge in [-0.3, -0.25) is 9.59 Å². The molecule has 7 nitrogen and oxygen atoms in total. The lowest BCUT2D eigenvalue weighted by atomic mass is 9.98. The van der Waals surface area contributed by atoms with E-state index >= 15 is 0 Å². The van der Waals surface area contributed by atoms with Crippen LogP contribution in [0.4, 0.5) is 4.79 Å². The number of ether oxygens (including phenoxy) is 1. The van der Waals surface area contributed by atoms with E-state index in [1.807, 2.05) is 31.2 Å². The molecule has 0 radical (unpaired) electrons. The number of carbonyl (C=O) groups excluding carboxylic acids is 2. The fraction of sp³-hybridized carbons (Fsp3) is 0.464. The average Bonchev–Trinajstić information content (AvgIpc) is 3.26. The van der Waals surface area contributed by atoms with E-state index in [4.69, 9.17) is 9.84 Å². The van der Waals surface area contributed by atoms with Crippen molar-refractivity contribution in [3.05, 3.63) is 59.7 Å². The second-order valence-electron chi connectivity index (χ2n) is 10.2. The molecule has 0 aliphatic heterocycles. The van der Waals surface area contributed by atoms with Gasteiger partial charge in [0.1, 0.15) is 6.61 Å². The van der Waals surface area contributed by atoms with Gasteiger partial charge in [-0.1, -0.05) is 61.9 Å². The van der Waals surface area contributed by atoms with E-state index in [-0.39, 0.29) is 42.9 Å². The summed E-state index contributed by atoms with van der Waals surface area (Å²) in [6.45, 7) is 2.23. The van der Waals surface area contributed by atoms with Gasteiger partial charge in [-0.05, 0) is 53.9 Å². The summed E-state index contributed by atoms with van der Waals surface area (Å²) in [6.07, 6.45) is 3.04. The molecule has 0 unspecified atom stereocenters. The lowest BCUT2D eigenvalue weighted by molar-refractivity contribution is -0.138. The Hall–Kier alpha value is -3.35. The van der Waals surface area contributed by atoms with Crippen LogP contribution in [0.15, 0.2) is 48.5 Å². The van der Waals surface area contributed by atoms with E-state index in [2.05, 4.69) is 34.9 Å². The van der Waals surface area contributed by atoms with Crippen molar-refractivity contribution >= 4 is 18.0 Å². The van der Waals surface area contributed by atoms with Gasteiger partial charge < -0.3 is 20.5 Å². The first kappa shape index (κ1) is 23.4. The number of hydrogen-bond acceptors (Lipinski definition) is 4. The van der Waals surface area contributed by atoms with E-state index in [9.17, 15) is 14.4 Å². The van der Waals surface area contributed by atoms with Gasteiger partial charge in [0.2, 0.25) is 5.91 Å². The predicted molar refractivity (Wildman–Crippen MR) is 131 cm³/mol. The molecule has 5 rings (SSSR count). The molecule has 2 aromatic carbocycles. The van der Waals surface area contributed by atoms with E-state index < -0.39 is 17.5 Å². The molecule has 7 heteroatoms. The second kappa shape index (κ2) is 9.36. The van der Waals surface area contributed by atoms with Crippen molar-refractivity contribution < 1.29 is 24.2 Å². The monoisotopic (exact) mass is 476 g/mol. The molecule has 2 aromatic rings. The summed E-state index contributed by atoms with van der Waals surface area (Å²) in [7, 11) is 0. The maximum absolute atomic E-state index is 13.0. The molecule has 3 N–H and O–H groups in total. The van der Waals surface area contributed by atoms with Gasteiger partial charge in [-0.2, -0.15) is 0 Å². The maximum atomic E-state index is 13.0. The molecule has 35 heavy (non-hydrogen) atoms. The topological polar surface area (TPSA) is 105 Å². The minimum absolute atomic E-state index is 0.00647. The average molecular weight is 477 g/mol. The van der Waals surface area contributed by atoms with E-state index in [1.165, 1.54) is 22.3 Å². The van der Waals surface area contributed by atoms with Crippen LogP contribution in [0.25, 0.3) is 11.1 Å². The second-order valence-corrected chi connectivity index (χ2v) is 10.2. The van der Waals surface area contributed by atoms with Crippen LogP contribution in [0.2, 0.25) is 0 Å². The molecule has 0 aromatic heterocycles. The van der Waals surface area contributed by atoms with Crippen LogP contribution in [0.1, 0.15) is 62.5 Å². The summed E-state index contributed by atoms with van der Waals surface area (Å²) in [6, 6.07) is 16.0. The van der Waals surface area contributed by atoms with Crippen LogP contribution in [0, 0.1) is 11.3 Å². The zero-order valence-corrected chi connectivity index (χ0v) is 20.0. The smallest absolute Gasteiger partial charge is 0.407 e. The Balaban J connectivity index is 1.15. The van der Waals surface area contributed by atoms with Crippen LogP contribution in [-0.4, -0.2) is 41.8 Å². The van der Waals surface area contributed by atoms with E-state index in [1.54, 1.807) is 0 Å². The minimum atomic E-state index is -0.908. The van der Waals surface area contributed by atoms with Gasteiger partial charge in [0.25, 0.3) is 0 Å². The van der Waals surface area contributed by atoms with Crippen LogP contribution >= 0.6 is 0 Å². The Morgan fingerprint density at radius 3 is 2.34 bits per heavy atom. The number of alkyl carbamates (subject to hydrolysis) is 1. The quantitative estimate of drug-likeness (QED) is 0.496. The zero-order chi connectivity index (χ0) is 24.6. The maximum Gasteiger partial charge on any atom is 0.407 e. The van der Waals surface area contributed by atoms with Crippen LogP contribution in [0.5, 0.6) is 0 Å². The first-order chi connectivity index (χ1) is 16.9. The summed E-state index contributed by atoms with van der Waals surface area (Å²) < 4.78 is 5.67. The Labute approximate surface area is 205 Å². The predicted octanol–water partition coefficient (Wildman–Crippen LogP) is 4.45. The Bertz CT molecular complexity index is 1100. The fourth-order valence-electron chi connectivity index (χ4n) is 6.21. The fourth-order valence-corrected chi connectivity index (χ4v) is 6.21. The van der Waals surface area contributed by atoms with Gasteiger partial charge in [-0.25, -0.2) is 4.79 Å². The molecule has 2 saturated carbocycles.